The van der Waals surface area contributed by atoms with E-state index in [1.165, 1.54) is 0 Å². The Kier molecular flexibility index (Phi) is 62.3. The summed E-state index contributed by atoms with van der Waals surface area (Å²) in [5.41, 5.74) is 11.5. The number of likely N-dealkylation sites (N-methyl/N-ethyl adjacent to an activating group) is 1. The Hall–Kier alpha value is -0.743. The molecule has 0 saturated heterocycles. The van der Waals surface area contributed by atoms with Crippen LogP contribution < -0.4 is 27.3 Å². The maximum Gasteiger partial charge on any atom is 0.506 e. The van der Waals surface area contributed by atoms with Crippen LogP contribution >= 0.6 is 0 Å². The van der Waals surface area contributed by atoms with Crippen molar-refractivity contribution in [3.63, 3.8) is 0 Å². The molecule has 0 spiro atoms. The molecule has 26 nitrogen and oxygen atoms in total. The first-order valence-electron chi connectivity index (χ1n) is 39.5. The van der Waals surface area contributed by atoms with Crippen LogP contribution in [-0.2, 0) is 132 Å². The summed E-state index contributed by atoms with van der Waals surface area (Å²) in [5, 5.41) is 39.4. The van der Waals surface area contributed by atoms with E-state index >= 15 is 0 Å². The average Bonchev–Trinajstić information content (AvgIpc) is 0.780. The molecule has 0 aliphatic heterocycles. The van der Waals surface area contributed by atoms with Gasteiger partial charge in [0.05, 0.1) is 104 Å². The number of hydrogen-bond donors (Lipinski definition) is 7. The van der Waals surface area contributed by atoms with Crippen molar-refractivity contribution < 1.29 is 147 Å². The normalized spacial score (nSPS) is 19.5. The molecule has 3 rings (SSSR count). The van der Waals surface area contributed by atoms with Gasteiger partial charge in [-0.3, -0.25) is 29.0 Å². The van der Waals surface area contributed by atoms with Gasteiger partial charge in [-0.05, 0) is 209 Å². The molecule has 9 N–H and O–H groups in total. The number of nitrogens with two attached hydrogens (primary N) is 2. The van der Waals surface area contributed by atoms with E-state index in [1.807, 2.05) is 62.7 Å². The van der Waals surface area contributed by atoms with Crippen LogP contribution in [0.4, 0.5) is 0 Å². The summed E-state index contributed by atoms with van der Waals surface area (Å²) >= 11 is 0. The van der Waals surface area contributed by atoms with E-state index < -0.39 is 86.1 Å². The summed E-state index contributed by atoms with van der Waals surface area (Å²) in [6.07, 6.45) is 10.3. The van der Waals surface area contributed by atoms with Crippen molar-refractivity contribution in [3.8, 4) is 0 Å². The zero-order valence-corrected chi connectivity index (χ0v) is 80.1. The molecular formula is C75H152N6O20Si5WY. The van der Waals surface area contributed by atoms with Crippen LogP contribution in [0.25, 0.3) is 0 Å². The van der Waals surface area contributed by atoms with Crippen LogP contribution in [0.2, 0.25) is 57.9 Å². The predicted octanol–water partition coefficient (Wildman–Crippen LogP) is 7.67. The van der Waals surface area contributed by atoms with Gasteiger partial charge in [0.2, 0.25) is 0 Å². The van der Waals surface area contributed by atoms with Gasteiger partial charge in [-0.25, -0.2) is 0 Å². The Bertz CT molecular complexity index is 2440. The van der Waals surface area contributed by atoms with Crippen LogP contribution in [0, 0.1) is 11.8 Å². The smallest absolute Gasteiger partial charge is 0.466 e. The summed E-state index contributed by atoms with van der Waals surface area (Å²) in [7, 11) is -9.59. The van der Waals surface area contributed by atoms with Gasteiger partial charge in [0.1, 0.15) is 12.1 Å². The molecule has 108 heavy (non-hydrogen) atoms. The minimum atomic E-state index is -3.42. The molecule has 1 aromatic carbocycles. The van der Waals surface area contributed by atoms with E-state index in [0.717, 1.165) is 101 Å². The molecule has 1 radical (unpaired) electrons. The molecule has 2 saturated carbocycles. The van der Waals surface area contributed by atoms with Crippen molar-refractivity contribution in [3.05, 3.63) is 30.3 Å². The Labute approximate surface area is 698 Å². The molecule has 0 bridgehead atoms. The number of nitrogens with zero attached hydrogens (tertiary/aromatic N) is 2. The second kappa shape index (κ2) is 61.6. The Balaban J connectivity index is 0. The first kappa shape index (κ1) is 109. The van der Waals surface area contributed by atoms with E-state index in [9.17, 15) is 34.5 Å². The molecule has 0 heterocycles. The summed E-state index contributed by atoms with van der Waals surface area (Å²) in [6, 6.07) is 10.8. The van der Waals surface area contributed by atoms with E-state index in [4.69, 9.17) is 70.6 Å². The molecule has 10 atom stereocenters. The van der Waals surface area contributed by atoms with Gasteiger partial charge < -0.3 is 96.5 Å². The van der Waals surface area contributed by atoms with Gasteiger partial charge in [0, 0.05) is 135 Å². The van der Waals surface area contributed by atoms with Gasteiger partial charge in [0.15, 0.2) is 26.4 Å². The zero-order chi connectivity index (χ0) is 78.4. The van der Waals surface area contributed by atoms with Crippen molar-refractivity contribution in [2.24, 2.45) is 23.3 Å². The molecule has 10 unspecified atom stereocenters. The van der Waals surface area contributed by atoms with Crippen molar-refractivity contribution in [1.29, 1.82) is 0 Å². The molecule has 2 aliphatic carbocycles. The predicted molar refractivity (Wildman–Crippen MR) is 432 cm³/mol. The summed E-state index contributed by atoms with van der Waals surface area (Å²) in [6.45, 7) is 38.6. The van der Waals surface area contributed by atoms with Crippen molar-refractivity contribution in [2.75, 3.05) is 119 Å². The number of ether oxygens (including phenoxy) is 9. The van der Waals surface area contributed by atoms with E-state index in [-0.39, 0.29) is 175 Å². The Morgan fingerprint density at radius 2 is 1.01 bits per heavy atom. The molecule has 0 aromatic heterocycles. The van der Waals surface area contributed by atoms with Crippen LogP contribution in [0.5, 0.6) is 0 Å². The molecule has 2 fully saturated rings. The second-order valence-electron chi connectivity index (χ2n) is 30.8. The van der Waals surface area contributed by atoms with E-state index in [0.29, 0.717) is 71.2 Å². The summed E-state index contributed by atoms with van der Waals surface area (Å²) < 4.78 is 77.7. The topological polar surface area (TPSA) is 332 Å². The maximum atomic E-state index is 13.2. The van der Waals surface area contributed by atoms with Gasteiger partial charge in [-0.2, -0.15) is 0 Å². The molecule has 631 valence electrons. The quantitative estimate of drug-likeness (QED) is 0.0142. The molecular weight excluding hydrogens is 1720 g/mol. The summed E-state index contributed by atoms with van der Waals surface area (Å²) in [4.78, 5) is 54.8. The van der Waals surface area contributed by atoms with Gasteiger partial charge >= 0.3 is 41.2 Å². The number of aliphatic hydroxyl groups excluding tert-OH is 3. The third-order valence-corrected chi connectivity index (χ3v) is 34.6. The molecule has 0 amide bonds. The minimum absolute atomic E-state index is 0. The minimum Gasteiger partial charge on any atom is -0.466 e. The van der Waals surface area contributed by atoms with E-state index in [2.05, 4.69) is 75.5 Å². The number of benzene rings is 1. The van der Waals surface area contributed by atoms with Crippen LogP contribution in [0.15, 0.2) is 30.3 Å². The maximum absolute atomic E-state index is 13.2. The average molecular weight is 1870 g/mol. The van der Waals surface area contributed by atoms with Crippen molar-refractivity contribution in [1.82, 2.24) is 20.4 Å². The number of esters is 4. The second-order valence-corrected chi connectivity index (χ2v) is 48.3. The summed E-state index contributed by atoms with van der Waals surface area (Å²) in [5.74, 6) is -0.544. The van der Waals surface area contributed by atoms with Crippen molar-refractivity contribution >= 4 is 72.8 Å². The van der Waals surface area contributed by atoms with Gasteiger partial charge in [0.25, 0.3) is 0 Å². The molecule has 33 heteroatoms. The first-order valence-corrected chi connectivity index (χ1v) is 52.2. The number of carbonyl (C=O) groups excluding carboxylic acids is 4. The number of hydrogen-bond acceptors (Lipinski definition) is 26. The standard InChI is InChI=1S/C37H82N4O10Si5.C37H66N2O10.CH4.W.Y/c1-31(38)25-46-27-33(3)40-23-35(42)29-44-19-15-21-52-48-56(37-17-13-12-14-18-37,51-55(10,11)49-53(5,6)7)50-54(8,9)22-16-20-45-30-36(43)24-41-34(4)28-47-26-32(2)39;1-7-12-21-45-26-31(40)25-39(33(37(44)49-11-5)24-35(42)47-9-3)30-19-15-28(16-20-30)22-27-13-17-29(18-14-27)38(6)32(36(43)48-10-4)23-34(41)46-8-2;;;/h12-14,17-18,31-36,40-43H,15-16,19-30,38-39,52H2,1-11H3;27-33,40H,7-26H2,1-6H3;1H4;;. The number of unbranched alkanes of at least 4 members (excludes halogenated alkanes) is 1. The van der Waals surface area contributed by atoms with Crippen LogP contribution in [0.1, 0.15) is 166 Å². The number of aliphatic hydroxyl groups is 3. The van der Waals surface area contributed by atoms with Crippen molar-refractivity contribution in [2.45, 2.75) is 291 Å². The molecule has 1 aromatic rings. The largest absolute Gasteiger partial charge is 0.506 e. The number of nitrogens with one attached hydrogen (secondary N) is 2. The Morgan fingerprint density at radius 1 is 0.565 bits per heavy atom. The SMILES string of the molecule is C.CC(N)COCC(C)NCC(O)COCCC[SiH2]O[Si](O[Si](C)(C)CCCOCC(O)CNC(C)COCC(C)N)(O[Si](C)(C)O[Si](C)(C)C)c1ccccc1.CCCCOCC(O)CN(C1CCC(CC2CCC(N(C)C(CC(=O)OCC)C(=O)OCC)CC2)CC1)C(CC(=O)OCC)C(=O)OCC.[W].[Y]. The van der Waals surface area contributed by atoms with Gasteiger partial charge in [-0.15, -0.1) is 0 Å². The molecule has 2 aliphatic rings. The zero-order valence-electron chi connectivity index (χ0n) is 69.0. The third kappa shape index (κ3) is 50.0. The fraction of sp³-hybridized carbons (Fsp3) is 0.867. The number of carbonyl (C=O) groups is 4. The fourth-order valence-corrected chi connectivity index (χ4v) is 32.9. The Morgan fingerprint density at radius 3 is 1.47 bits per heavy atom. The monoisotopic (exact) mass is 1870 g/mol. The number of rotatable bonds is 58. The first-order chi connectivity index (χ1) is 49.7. The van der Waals surface area contributed by atoms with Crippen LogP contribution in [0.3, 0.4) is 0 Å². The fourth-order valence-electron chi connectivity index (χ4n) is 13.2. The third-order valence-electron chi connectivity index (χ3n) is 18.1. The van der Waals surface area contributed by atoms with E-state index in [1.54, 1.807) is 27.7 Å². The van der Waals surface area contributed by atoms with Crippen LogP contribution in [-0.4, -0.2) is 279 Å². The van der Waals surface area contributed by atoms with Gasteiger partial charge in [-0.1, -0.05) is 51.1 Å².